The molecule has 9 atom stereocenters. The van der Waals surface area contributed by atoms with Crippen LogP contribution in [0.15, 0.2) is 33.5 Å². The molecule has 0 bridgehead atoms. The third-order valence-corrected chi connectivity index (χ3v) is 5.70. The van der Waals surface area contributed by atoms with E-state index in [2.05, 4.69) is 0 Å². The van der Waals surface area contributed by atoms with E-state index >= 15 is 0 Å². The lowest BCUT2D eigenvalue weighted by Gasteiger charge is -2.41. The third kappa shape index (κ3) is 4.88. The largest absolute Gasteiger partial charge is 0.493 e. The lowest BCUT2D eigenvalue weighted by Crippen LogP contribution is -2.61. The van der Waals surface area contributed by atoms with Crippen molar-refractivity contribution in [3.63, 3.8) is 0 Å². The van der Waals surface area contributed by atoms with Crippen molar-refractivity contribution in [2.45, 2.75) is 55.3 Å². The van der Waals surface area contributed by atoms with Crippen molar-refractivity contribution in [3.05, 3.63) is 34.7 Å². The Balaban J connectivity index is 1.49. The van der Waals surface area contributed by atoms with Gasteiger partial charge in [-0.25, -0.2) is 4.79 Å². The van der Waals surface area contributed by atoms with Gasteiger partial charge < -0.3 is 58.7 Å². The smallest absolute Gasteiger partial charge is 0.336 e. The van der Waals surface area contributed by atoms with E-state index < -0.39 is 67.5 Å². The van der Waals surface area contributed by atoms with Gasteiger partial charge in [-0.1, -0.05) is 0 Å². The van der Waals surface area contributed by atoms with E-state index in [-0.39, 0.29) is 23.7 Å². The van der Waals surface area contributed by atoms with E-state index in [4.69, 9.17) is 28.1 Å². The number of aliphatic hydroxyl groups is 6. The van der Waals surface area contributed by atoms with E-state index in [1.807, 2.05) is 0 Å². The van der Waals surface area contributed by atoms with Gasteiger partial charge in [0.05, 0.1) is 20.3 Å². The zero-order valence-electron chi connectivity index (χ0n) is 18.0. The summed E-state index contributed by atoms with van der Waals surface area (Å²) in [5, 5.41) is 60.8. The van der Waals surface area contributed by atoms with Gasteiger partial charge in [-0.05, 0) is 12.1 Å². The number of hydrogen-bond acceptors (Lipinski definition) is 13. The molecule has 34 heavy (non-hydrogen) atoms. The summed E-state index contributed by atoms with van der Waals surface area (Å²) in [5.74, 6) is 0.247. The van der Waals surface area contributed by atoms with Crippen molar-refractivity contribution in [1.29, 1.82) is 0 Å². The standard InChI is InChI=1S/C21H26O13/c1-29-11-4-8-2-3-14(23)32-10(8)5-12(11)33-21-19(28)17(26)16(25)13(34-21)7-31-20-18(27)15(24)9(22)6-30-20/h2-5,9,13,15-22,24-28H,6-7H2,1H3/t9-,13-,15+,16-,17+,18-,19-,20+,21?/m1/s1. The second-order valence-electron chi connectivity index (χ2n) is 8.01. The predicted molar refractivity (Wildman–Crippen MR) is 110 cm³/mol. The van der Waals surface area contributed by atoms with Crippen molar-refractivity contribution < 1.29 is 58.7 Å². The summed E-state index contributed by atoms with van der Waals surface area (Å²) >= 11 is 0. The molecule has 0 aliphatic carbocycles. The van der Waals surface area contributed by atoms with Gasteiger partial charge in [-0.3, -0.25) is 0 Å². The summed E-state index contributed by atoms with van der Waals surface area (Å²) in [6, 6.07) is 5.67. The maximum Gasteiger partial charge on any atom is 0.336 e. The number of aliphatic hydroxyl groups excluding tert-OH is 6. The molecule has 4 rings (SSSR count). The van der Waals surface area contributed by atoms with E-state index in [9.17, 15) is 35.4 Å². The normalized spacial score (nSPS) is 36.4. The van der Waals surface area contributed by atoms with Crippen LogP contribution in [-0.4, -0.2) is 106 Å². The Morgan fingerprint density at radius 3 is 2.38 bits per heavy atom. The summed E-state index contributed by atoms with van der Waals surface area (Å²) in [5.41, 5.74) is -0.406. The maximum absolute atomic E-state index is 11.5. The fraction of sp³-hybridized carbons (Fsp3) is 0.571. The fourth-order valence-corrected chi connectivity index (χ4v) is 3.72. The topological polar surface area (TPSA) is 198 Å². The first-order valence-electron chi connectivity index (χ1n) is 10.4. The van der Waals surface area contributed by atoms with Gasteiger partial charge in [-0.15, -0.1) is 0 Å². The van der Waals surface area contributed by atoms with E-state index in [1.54, 1.807) is 0 Å². The lowest BCUT2D eigenvalue weighted by atomic mass is 9.99. The van der Waals surface area contributed by atoms with Gasteiger partial charge in [0.25, 0.3) is 0 Å². The first kappa shape index (κ1) is 24.8. The van der Waals surface area contributed by atoms with Crippen LogP contribution in [0, 0.1) is 0 Å². The molecule has 2 aliphatic heterocycles. The first-order valence-corrected chi connectivity index (χ1v) is 10.4. The van der Waals surface area contributed by atoms with Crippen molar-refractivity contribution >= 4 is 11.0 Å². The molecule has 0 amide bonds. The predicted octanol–water partition coefficient (Wildman–Crippen LogP) is -2.56. The highest BCUT2D eigenvalue weighted by molar-refractivity contribution is 5.80. The summed E-state index contributed by atoms with van der Waals surface area (Å²) in [6.45, 7) is -0.721. The van der Waals surface area contributed by atoms with Gasteiger partial charge >= 0.3 is 5.63 Å². The van der Waals surface area contributed by atoms with Gasteiger partial charge in [0.2, 0.25) is 6.29 Å². The molecule has 1 aromatic carbocycles. The number of methoxy groups -OCH3 is 1. The quantitative estimate of drug-likeness (QED) is 0.233. The molecule has 3 heterocycles. The van der Waals surface area contributed by atoms with E-state index in [0.717, 1.165) is 0 Å². The summed E-state index contributed by atoms with van der Waals surface area (Å²) in [7, 11) is 1.38. The minimum atomic E-state index is -1.69. The van der Waals surface area contributed by atoms with Crippen molar-refractivity contribution in [1.82, 2.24) is 0 Å². The first-order chi connectivity index (χ1) is 16.2. The van der Waals surface area contributed by atoms with Gasteiger partial charge in [-0.2, -0.15) is 0 Å². The lowest BCUT2D eigenvalue weighted by molar-refractivity contribution is -0.307. The second kappa shape index (κ2) is 10.1. The van der Waals surface area contributed by atoms with Crippen molar-refractivity contribution in [2.75, 3.05) is 20.3 Å². The second-order valence-corrected chi connectivity index (χ2v) is 8.01. The van der Waals surface area contributed by atoms with Crippen molar-refractivity contribution in [3.8, 4) is 11.5 Å². The van der Waals surface area contributed by atoms with Crippen LogP contribution in [0.5, 0.6) is 11.5 Å². The molecule has 2 aliphatic rings. The number of benzene rings is 1. The molecule has 6 N–H and O–H groups in total. The monoisotopic (exact) mass is 486 g/mol. The molecule has 1 unspecified atom stereocenters. The van der Waals surface area contributed by atoms with Crippen LogP contribution in [-0.2, 0) is 14.2 Å². The van der Waals surface area contributed by atoms with E-state index in [0.29, 0.717) is 5.39 Å². The minimum Gasteiger partial charge on any atom is -0.493 e. The van der Waals surface area contributed by atoms with Crippen LogP contribution in [0.2, 0.25) is 0 Å². The Kier molecular flexibility index (Phi) is 7.37. The van der Waals surface area contributed by atoms with Crippen LogP contribution < -0.4 is 15.1 Å². The van der Waals surface area contributed by atoms with Crippen LogP contribution in [0.1, 0.15) is 0 Å². The molecule has 13 heteroatoms. The molecule has 2 fully saturated rings. The zero-order chi connectivity index (χ0) is 24.6. The highest BCUT2D eigenvalue weighted by Crippen LogP contribution is 2.34. The van der Waals surface area contributed by atoms with Crippen LogP contribution in [0.4, 0.5) is 0 Å². The molecule has 0 radical (unpaired) electrons. The molecule has 13 nitrogen and oxygen atoms in total. The minimum absolute atomic E-state index is 0.0276. The fourth-order valence-electron chi connectivity index (χ4n) is 3.72. The average Bonchev–Trinajstić information content (AvgIpc) is 2.82. The summed E-state index contributed by atoms with van der Waals surface area (Å²) in [4.78, 5) is 11.5. The molecule has 2 aromatic rings. The highest BCUT2D eigenvalue weighted by Gasteiger charge is 2.46. The Hall–Kier alpha value is -2.33. The van der Waals surface area contributed by atoms with Crippen molar-refractivity contribution in [2.24, 2.45) is 0 Å². The van der Waals surface area contributed by atoms with Gasteiger partial charge in [0.1, 0.15) is 48.3 Å². The molecule has 188 valence electrons. The SMILES string of the molecule is COc1cc2ccc(=O)oc2cc1OC1O[C@H](CO[C@@H]2OC[C@@H](O)[C@H](O)[C@H]2O)[C@@H](O)[C@H](O)[C@H]1O. The van der Waals surface area contributed by atoms with Gasteiger partial charge in [0, 0.05) is 17.5 Å². The molecule has 0 saturated carbocycles. The average molecular weight is 486 g/mol. The van der Waals surface area contributed by atoms with Crippen LogP contribution in [0.3, 0.4) is 0 Å². The van der Waals surface area contributed by atoms with Gasteiger partial charge in [0.15, 0.2) is 17.8 Å². The Labute approximate surface area is 192 Å². The molecular weight excluding hydrogens is 460 g/mol. The summed E-state index contributed by atoms with van der Waals surface area (Å²) in [6.07, 6.45) is -13.4. The molecule has 1 aromatic heterocycles. The Morgan fingerprint density at radius 1 is 0.912 bits per heavy atom. The Morgan fingerprint density at radius 2 is 1.65 bits per heavy atom. The van der Waals surface area contributed by atoms with E-state index in [1.165, 1.54) is 31.4 Å². The molecular formula is C21H26O13. The number of hydrogen-bond donors (Lipinski definition) is 6. The van der Waals surface area contributed by atoms with Crippen LogP contribution >= 0.6 is 0 Å². The number of fused-ring (bicyclic) bond motifs is 1. The zero-order valence-corrected chi connectivity index (χ0v) is 18.0. The highest BCUT2D eigenvalue weighted by atomic mass is 16.7. The molecule has 2 saturated heterocycles. The Bertz CT molecular complexity index is 1040. The summed E-state index contributed by atoms with van der Waals surface area (Å²) < 4.78 is 32.2. The number of ether oxygens (including phenoxy) is 5. The molecule has 0 spiro atoms. The third-order valence-electron chi connectivity index (χ3n) is 5.70. The maximum atomic E-state index is 11.5. The number of rotatable bonds is 6. The van der Waals surface area contributed by atoms with Crippen LogP contribution in [0.25, 0.3) is 11.0 Å².